The highest BCUT2D eigenvalue weighted by molar-refractivity contribution is 5.82. The minimum absolute atomic E-state index is 0.133. The molecule has 0 spiro atoms. The van der Waals surface area contributed by atoms with Crippen LogP contribution in [0, 0.1) is 10.8 Å². The molecule has 0 aromatic rings. The molecule has 0 fully saturated rings. The third-order valence-electron chi connectivity index (χ3n) is 1.95. The Morgan fingerprint density at radius 3 is 1.86 bits per heavy atom. The Labute approximate surface area is 84.7 Å². The van der Waals surface area contributed by atoms with Crippen LogP contribution in [0.25, 0.3) is 0 Å². The molecule has 0 aromatic heterocycles. The van der Waals surface area contributed by atoms with Crippen LogP contribution in [0.4, 0.5) is 0 Å². The van der Waals surface area contributed by atoms with Gasteiger partial charge in [0.05, 0.1) is 5.41 Å². The molecule has 0 aliphatic heterocycles. The van der Waals surface area contributed by atoms with E-state index in [1.165, 1.54) is 0 Å². The van der Waals surface area contributed by atoms with Crippen molar-refractivity contribution in [1.29, 1.82) is 0 Å². The van der Waals surface area contributed by atoms with Gasteiger partial charge >= 0.3 is 5.97 Å². The highest BCUT2D eigenvalue weighted by atomic mass is 16.4. The summed E-state index contributed by atoms with van der Waals surface area (Å²) in [7, 11) is 0. The standard InChI is InChI=1S/C10H19NO3/c1-9(2,3)7(12)11-6-10(4,5)8(13)14/h6H2,1-5H3,(H,11,12)(H,13,14). The largest absolute Gasteiger partial charge is 0.481 e. The molecule has 14 heavy (non-hydrogen) atoms. The van der Waals surface area contributed by atoms with Gasteiger partial charge in [-0.1, -0.05) is 20.8 Å². The maximum atomic E-state index is 11.4. The topological polar surface area (TPSA) is 66.4 Å². The number of carbonyl (C=O) groups excluding carboxylic acids is 1. The molecule has 0 heterocycles. The minimum atomic E-state index is -0.916. The molecule has 0 saturated heterocycles. The van der Waals surface area contributed by atoms with E-state index >= 15 is 0 Å². The van der Waals surface area contributed by atoms with Gasteiger partial charge in [-0.05, 0) is 13.8 Å². The molecule has 1 amide bonds. The van der Waals surface area contributed by atoms with Gasteiger partial charge in [-0.25, -0.2) is 0 Å². The maximum absolute atomic E-state index is 11.4. The van der Waals surface area contributed by atoms with E-state index in [2.05, 4.69) is 5.32 Å². The summed E-state index contributed by atoms with van der Waals surface area (Å²) in [6.07, 6.45) is 0. The van der Waals surface area contributed by atoms with Crippen LogP contribution in [0.3, 0.4) is 0 Å². The van der Waals surface area contributed by atoms with Crippen molar-refractivity contribution in [1.82, 2.24) is 5.32 Å². The predicted octanol–water partition coefficient (Wildman–Crippen LogP) is 1.26. The number of hydrogen-bond acceptors (Lipinski definition) is 2. The van der Waals surface area contributed by atoms with E-state index in [-0.39, 0.29) is 12.5 Å². The number of hydrogen-bond donors (Lipinski definition) is 2. The van der Waals surface area contributed by atoms with Crippen LogP contribution in [0.5, 0.6) is 0 Å². The van der Waals surface area contributed by atoms with E-state index in [9.17, 15) is 9.59 Å². The number of nitrogens with one attached hydrogen (secondary N) is 1. The third-order valence-corrected chi connectivity index (χ3v) is 1.95. The summed E-state index contributed by atoms with van der Waals surface area (Å²) >= 11 is 0. The lowest BCUT2D eigenvalue weighted by Gasteiger charge is -2.23. The highest BCUT2D eigenvalue weighted by Crippen LogP contribution is 2.16. The summed E-state index contributed by atoms with van der Waals surface area (Å²) in [5, 5.41) is 11.4. The fourth-order valence-electron chi connectivity index (χ4n) is 0.642. The summed E-state index contributed by atoms with van der Waals surface area (Å²) in [6.45, 7) is 8.68. The summed E-state index contributed by atoms with van der Waals surface area (Å²) < 4.78 is 0. The molecule has 0 saturated carbocycles. The molecular formula is C10H19NO3. The predicted molar refractivity (Wildman–Crippen MR) is 53.9 cm³/mol. The van der Waals surface area contributed by atoms with Gasteiger partial charge in [0, 0.05) is 12.0 Å². The molecule has 0 rings (SSSR count). The van der Waals surface area contributed by atoms with E-state index in [1.54, 1.807) is 34.6 Å². The molecule has 0 bridgehead atoms. The van der Waals surface area contributed by atoms with E-state index in [4.69, 9.17) is 5.11 Å². The summed E-state index contributed by atoms with van der Waals surface area (Å²) in [4.78, 5) is 22.2. The lowest BCUT2D eigenvalue weighted by Crippen LogP contribution is -2.43. The minimum Gasteiger partial charge on any atom is -0.481 e. The smallest absolute Gasteiger partial charge is 0.310 e. The van der Waals surface area contributed by atoms with Crippen molar-refractivity contribution < 1.29 is 14.7 Å². The zero-order valence-electron chi connectivity index (χ0n) is 9.47. The quantitative estimate of drug-likeness (QED) is 0.722. The van der Waals surface area contributed by atoms with Crippen LogP contribution in [-0.4, -0.2) is 23.5 Å². The van der Waals surface area contributed by atoms with Gasteiger partial charge in [0.25, 0.3) is 0 Å². The molecule has 0 radical (unpaired) electrons. The van der Waals surface area contributed by atoms with Crippen LogP contribution in [0.1, 0.15) is 34.6 Å². The average Bonchev–Trinajstić information content (AvgIpc) is 1.98. The molecule has 4 nitrogen and oxygen atoms in total. The second-order valence-electron chi connectivity index (χ2n) is 5.12. The normalized spacial score (nSPS) is 12.4. The molecule has 0 aromatic carbocycles. The van der Waals surface area contributed by atoms with Crippen molar-refractivity contribution in [3.63, 3.8) is 0 Å². The Balaban J connectivity index is 4.21. The SMILES string of the molecule is CC(C)(C)C(=O)NCC(C)(C)C(=O)O. The summed E-state index contributed by atoms with van der Waals surface area (Å²) in [5.74, 6) is -1.04. The van der Waals surface area contributed by atoms with E-state index in [0.717, 1.165) is 0 Å². The number of amides is 1. The second kappa shape index (κ2) is 3.98. The Morgan fingerprint density at radius 1 is 1.14 bits per heavy atom. The van der Waals surface area contributed by atoms with Gasteiger partial charge in [0.2, 0.25) is 5.91 Å². The van der Waals surface area contributed by atoms with Crippen molar-refractivity contribution in [2.75, 3.05) is 6.54 Å². The van der Waals surface area contributed by atoms with E-state index < -0.39 is 16.8 Å². The monoisotopic (exact) mass is 201 g/mol. The van der Waals surface area contributed by atoms with Crippen molar-refractivity contribution in [3.05, 3.63) is 0 Å². The van der Waals surface area contributed by atoms with Crippen molar-refractivity contribution in [3.8, 4) is 0 Å². The number of rotatable bonds is 3. The van der Waals surface area contributed by atoms with Crippen molar-refractivity contribution >= 4 is 11.9 Å². The molecular weight excluding hydrogens is 182 g/mol. The fourth-order valence-corrected chi connectivity index (χ4v) is 0.642. The summed E-state index contributed by atoms with van der Waals surface area (Å²) in [6, 6.07) is 0. The van der Waals surface area contributed by atoms with E-state index in [0.29, 0.717) is 0 Å². The van der Waals surface area contributed by atoms with Gasteiger partial charge in [-0.15, -0.1) is 0 Å². The molecule has 4 heteroatoms. The molecule has 0 aliphatic carbocycles. The molecule has 0 unspecified atom stereocenters. The maximum Gasteiger partial charge on any atom is 0.310 e. The van der Waals surface area contributed by atoms with Crippen LogP contribution in [-0.2, 0) is 9.59 Å². The van der Waals surface area contributed by atoms with Crippen LogP contribution >= 0.6 is 0 Å². The first-order valence-electron chi connectivity index (χ1n) is 4.59. The Kier molecular flexibility index (Phi) is 3.68. The first-order chi connectivity index (χ1) is 6.07. The third kappa shape index (κ3) is 3.77. The lowest BCUT2D eigenvalue weighted by molar-refractivity contribution is -0.147. The lowest BCUT2D eigenvalue weighted by atomic mass is 9.91. The number of carboxylic acids is 1. The van der Waals surface area contributed by atoms with Crippen molar-refractivity contribution in [2.24, 2.45) is 10.8 Å². The molecule has 0 atom stereocenters. The second-order valence-corrected chi connectivity index (χ2v) is 5.12. The molecule has 0 aliphatic rings. The van der Waals surface area contributed by atoms with Gasteiger partial charge in [0.15, 0.2) is 0 Å². The number of carboxylic acid groups (broad SMARTS) is 1. The Morgan fingerprint density at radius 2 is 1.57 bits per heavy atom. The highest BCUT2D eigenvalue weighted by Gasteiger charge is 2.29. The number of carbonyl (C=O) groups is 2. The first-order valence-corrected chi connectivity index (χ1v) is 4.59. The molecule has 2 N–H and O–H groups in total. The first kappa shape index (κ1) is 12.9. The van der Waals surface area contributed by atoms with Gasteiger partial charge < -0.3 is 10.4 Å². The number of aliphatic carboxylic acids is 1. The fraction of sp³-hybridized carbons (Fsp3) is 0.800. The van der Waals surface area contributed by atoms with Gasteiger partial charge in [0.1, 0.15) is 0 Å². The van der Waals surface area contributed by atoms with E-state index in [1.807, 2.05) is 0 Å². The zero-order valence-corrected chi connectivity index (χ0v) is 9.47. The zero-order chi connectivity index (χ0) is 11.6. The summed E-state index contributed by atoms with van der Waals surface area (Å²) in [5.41, 5.74) is -1.39. The Bertz CT molecular complexity index is 238. The average molecular weight is 201 g/mol. The molecule has 82 valence electrons. The van der Waals surface area contributed by atoms with Gasteiger partial charge in [-0.2, -0.15) is 0 Å². The Hall–Kier alpha value is -1.06. The van der Waals surface area contributed by atoms with Crippen LogP contribution < -0.4 is 5.32 Å². The van der Waals surface area contributed by atoms with Gasteiger partial charge in [-0.3, -0.25) is 9.59 Å². The van der Waals surface area contributed by atoms with Crippen LogP contribution in [0.2, 0.25) is 0 Å². The van der Waals surface area contributed by atoms with Crippen molar-refractivity contribution in [2.45, 2.75) is 34.6 Å². The van der Waals surface area contributed by atoms with Crippen LogP contribution in [0.15, 0.2) is 0 Å².